The number of amides is 2. The summed E-state index contributed by atoms with van der Waals surface area (Å²) >= 11 is 0. The van der Waals surface area contributed by atoms with Crippen molar-refractivity contribution in [1.82, 2.24) is 14.5 Å². The van der Waals surface area contributed by atoms with E-state index in [1.54, 1.807) is 9.21 Å². The highest BCUT2D eigenvalue weighted by atomic mass is 32.2. The third-order valence-corrected chi connectivity index (χ3v) is 6.32. The van der Waals surface area contributed by atoms with E-state index in [1.165, 1.54) is 13.4 Å². The van der Waals surface area contributed by atoms with Crippen LogP contribution in [0, 0.1) is 11.8 Å². The van der Waals surface area contributed by atoms with E-state index in [0.717, 1.165) is 5.56 Å². The predicted molar refractivity (Wildman–Crippen MR) is 94.7 cm³/mol. The van der Waals surface area contributed by atoms with Crippen molar-refractivity contribution in [2.75, 3.05) is 39.5 Å². The first-order valence-corrected chi connectivity index (χ1v) is 10.3. The number of fused-ring (bicyclic) bond motifs is 1. The summed E-state index contributed by atoms with van der Waals surface area (Å²) in [6.07, 6.45) is 1.23. The van der Waals surface area contributed by atoms with Crippen molar-refractivity contribution in [2.45, 2.75) is 6.04 Å². The molecule has 3 atom stereocenters. The number of benzene rings is 1. The second-order valence-electron chi connectivity index (χ2n) is 6.75. The number of carbonyl (C=O) groups is 2. The summed E-state index contributed by atoms with van der Waals surface area (Å²) in [5.74, 6) is -0.419. The lowest BCUT2D eigenvalue weighted by Gasteiger charge is -2.28. The molecule has 0 aromatic heterocycles. The van der Waals surface area contributed by atoms with Crippen LogP contribution in [0.5, 0.6) is 0 Å². The number of urea groups is 1. The molecule has 2 aliphatic rings. The van der Waals surface area contributed by atoms with E-state index in [0.29, 0.717) is 19.6 Å². The van der Waals surface area contributed by atoms with Crippen molar-refractivity contribution >= 4 is 22.0 Å². The highest BCUT2D eigenvalue weighted by molar-refractivity contribution is 7.88. The van der Waals surface area contributed by atoms with Gasteiger partial charge in [0.15, 0.2) is 0 Å². The highest BCUT2D eigenvalue weighted by Gasteiger charge is 2.51. The number of esters is 1. The zero-order valence-electron chi connectivity index (χ0n) is 14.8. The number of ether oxygens (including phenoxy) is 1. The van der Waals surface area contributed by atoms with Crippen molar-refractivity contribution in [2.24, 2.45) is 11.8 Å². The lowest BCUT2D eigenvalue weighted by atomic mass is 9.90. The molecule has 2 heterocycles. The van der Waals surface area contributed by atoms with Gasteiger partial charge in [0.1, 0.15) is 6.54 Å². The molecular weight excluding hydrogens is 358 g/mol. The Morgan fingerprint density at radius 2 is 1.88 bits per heavy atom. The average Bonchev–Trinajstić information content (AvgIpc) is 3.17. The normalized spacial score (nSPS) is 25.8. The van der Waals surface area contributed by atoms with Gasteiger partial charge < -0.3 is 15.0 Å². The SMILES string of the molecule is COC(=O)CNC(=O)N1C[C@@H]2CN(S(C)(=O)=O)[C@@H](c3ccccc3)[C@@H]2C1. The number of rotatable bonds is 4. The molecular formula is C17H23N3O5S. The Kier molecular flexibility index (Phi) is 5.19. The molecule has 2 amide bonds. The zero-order valence-corrected chi connectivity index (χ0v) is 15.6. The van der Waals surface area contributed by atoms with Gasteiger partial charge in [-0.2, -0.15) is 4.31 Å². The first kappa shape index (κ1) is 18.7. The molecule has 2 aliphatic heterocycles. The molecule has 0 saturated carbocycles. The van der Waals surface area contributed by atoms with Gasteiger partial charge in [-0.1, -0.05) is 30.3 Å². The van der Waals surface area contributed by atoms with E-state index < -0.39 is 16.0 Å². The van der Waals surface area contributed by atoms with Gasteiger partial charge in [-0.25, -0.2) is 13.2 Å². The van der Waals surface area contributed by atoms with Crippen LogP contribution in [0.3, 0.4) is 0 Å². The summed E-state index contributed by atoms with van der Waals surface area (Å²) < 4.78 is 30.6. The summed E-state index contributed by atoms with van der Waals surface area (Å²) in [4.78, 5) is 25.1. The van der Waals surface area contributed by atoms with Crippen molar-refractivity contribution in [1.29, 1.82) is 0 Å². The van der Waals surface area contributed by atoms with E-state index in [-0.39, 0.29) is 30.5 Å². The van der Waals surface area contributed by atoms with Crippen molar-refractivity contribution in [3.8, 4) is 0 Å². The molecule has 26 heavy (non-hydrogen) atoms. The maximum Gasteiger partial charge on any atom is 0.325 e. The lowest BCUT2D eigenvalue weighted by Crippen LogP contribution is -2.43. The van der Waals surface area contributed by atoms with E-state index in [1.807, 2.05) is 30.3 Å². The number of nitrogens with one attached hydrogen (secondary N) is 1. The Morgan fingerprint density at radius 3 is 2.50 bits per heavy atom. The van der Waals surface area contributed by atoms with Gasteiger partial charge >= 0.3 is 12.0 Å². The van der Waals surface area contributed by atoms with Crippen molar-refractivity contribution in [3.63, 3.8) is 0 Å². The first-order chi connectivity index (χ1) is 12.3. The van der Waals surface area contributed by atoms with Crippen LogP contribution in [-0.2, 0) is 19.6 Å². The fraction of sp³-hybridized carbons (Fsp3) is 0.529. The molecule has 3 rings (SSSR count). The predicted octanol–water partition coefficient (Wildman–Crippen LogP) is 0.434. The van der Waals surface area contributed by atoms with Crippen LogP contribution in [-0.4, -0.2) is 69.2 Å². The van der Waals surface area contributed by atoms with Crippen LogP contribution in [0.4, 0.5) is 4.79 Å². The number of hydrogen-bond donors (Lipinski definition) is 1. The quantitative estimate of drug-likeness (QED) is 0.763. The van der Waals surface area contributed by atoms with Crippen molar-refractivity contribution < 1.29 is 22.7 Å². The highest BCUT2D eigenvalue weighted by Crippen LogP contribution is 2.45. The Morgan fingerprint density at radius 1 is 1.19 bits per heavy atom. The molecule has 0 bridgehead atoms. The fourth-order valence-electron chi connectivity index (χ4n) is 3.91. The summed E-state index contributed by atoms with van der Waals surface area (Å²) in [7, 11) is -2.09. The minimum atomic E-state index is -3.35. The molecule has 1 N–H and O–H groups in total. The number of sulfonamides is 1. The number of nitrogens with zero attached hydrogens (tertiary/aromatic N) is 2. The van der Waals surface area contributed by atoms with Gasteiger partial charge in [-0.05, 0) is 11.5 Å². The van der Waals surface area contributed by atoms with E-state index in [2.05, 4.69) is 10.1 Å². The molecule has 9 heteroatoms. The summed E-state index contributed by atoms with van der Waals surface area (Å²) in [5, 5.41) is 2.54. The van der Waals surface area contributed by atoms with Crippen LogP contribution >= 0.6 is 0 Å². The molecule has 2 fully saturated rings. The average molecular weight is 381 g/mol. The lowest BCUT2D eigenvalue weighted by molar-refractivity contribution is -0.139. The fourth-order valence-corrected chi connectivity index (χ4v) is 5.06. The second-order valence-corrected chi connectivity index (χ2v) is 8.69. The van der Waals surface area contributed by atoms with Crippen LogP contribution < -0.4 is 5.32 Å². The maximum atomic E-state index is 12.3. The number of methoxy groups -OCH3 is 1. The topological polar surface area (TPSA) is 96.0 Å². The molecule has 0 unspecified atom stereocenters. The molecule has 0 radical (unpaired) electrons. The Balaban J connectivity index is 1.76. The third-order valence-electron chi connectivity index (χ3n) is 5.09. The summed E-state index contributed by atoms with van der Waals surface area (Å²) in [6.45, 7) is 1.12. The first-order valence-electron chi connectivity index (χ1n) is 8.42. The molecule has 142 valence electrons. The molecule has 8 nitrogen and oxygen atoms in total. The second kappa shape index (κ2) is 7.24. The van der Waals surface area contributed by atoms with E-state index in [4.69, 9.17) is 0 Å². The summed E-state index contributed by atoms with van der Waals surface area (Å²) in [6, 6.07) is 8.90. The van der Waals surface area contributed by atoms with Gasteiger partial charge in [0.2, 0.25) is 10.0 Å². The maximum absolute atomic E-state index is 12.3. The van der Waals surface area contributed by atoms with Gasteiger partial charge in [0.05, 0.1) is 19.4 Å². The Labute approximate surface area is 153 Å². The van der Waals surface area contributed by atoms with Crippen LogP contribution in [0.15, 0.2) is 30.3 Å². The van der Waals surface area contributed by atoms with Gasteiger partial charge in [0.25, 0.3) is 0 Å². The van der Waals surface area contributed by atoms with E-state index >= 15 is 0 Å². The van der Waals surface area contributed by atoms with E-state index in [9.17, 15) is 18.0 Å². The summed E-state index contributed by atoms with van der Waals surface area (Å²) in [5.41, 5.74) is 0.933. The third kappa shape index (κ3) is 3.68. The van der Waals surface area contributed by atoms with Crippen LogP contribution in [0.1, 0.15) is 11.6 Å². The molecule has 0 aliphatic carbocycles. The largest absolute Gasteiger partial charge is 0.468 e. The number of hydrogen-bond acceptors (Lipinski definition) is 5. The zero-order chi connectivity index (χ0) is 18.9. The standard InChI is InChI=1S/C17H23N3O5S/c1-25-15(21)8-18-17(22)19-9-13-10-20(26(2,23)24)16(14(13)11-19)12-6-4-3-5-7-12/h3-7,13-14,16H,8-11H2,1-2H3,(H,18,22)/t13-,14-,16+/m1/s1. The Bertz CT molecular complexity index is 783. The van der Waals surface area contributed by atoms with Crippen LogP contribution in [0.2, 0.25) is 0 Å². The molecule has 0 spiro atoms. The Hall–Kier alpha value is -2.13. The molecule has 1 aromatic carbocycles. The van der Waals surface area contributed by atoms with Crippen LogP contribution in [0.25, 0.3) is 0 Å². The van der Waals surface area contributed by atoms with Gasteiger partial charge in [0, 0.05) is 25.6 Å². The number of likely N-dealkylation sites (tertiary alicyclic amines) is 1. The minimum Gasteiger partial charge on any atom is -0.468 e. The molecule has 1 aromatic rings. The van der Waals surface area contributed by atoms with Gasteiger partial charge in [-0.3, -0.25) is 4.79 Å². The molecule has 2 saturated heterocycles. The van der Waals surface area contributed by atoms with Gasteiger partial charge in [-0.15, -0.1) is 0 Å². The monoisotopic (exact) mass is 381 g/mol. The number of carbonyl (C=O) groups excluding carboxylic acids is 2. The smallest absolute Gasteiger partial charge is 0.325 e. The van der Waals surface area contributed by atoms with Crippen molar-refractivity contribution in [3.05, 3.63) is 35.9 Å². The minimum absolute atomic E-state index is 0.0241.